The van der Waals surface area contributed by atoms with Gasteiger partial charge in [0, 0.05) is 67.0 Å². The number of aromatic nitrogens is 2. The minimum absolute atomic E-state index is 0.251. The van der Waals surface area contributed by atoms with E-state index in [-0.39, 0.29) is 5.92 Å². The zero-order chi connectivity index (χ0) is 38.3. The van der Waals surface area contributed by atoms with Crippen LogP contribution < -0.4 is 20.4 Å². The van der Waals surface area contributed by atoms with Crippen LogP contribution in [-0.2, 0) is 0 Å². The van der Waals surface area contributed by atoms with E-state index >= 15 is 0 Å². The number of imidazole rings is 1. The molecule has 0 aliphatic carbocycles. The van der Waals surface area contributed by atoms with Crippen molar-refractivity contribution in [3.8, 4) is 0 Å². The summed E-state index contributed by atoms with van der Waals surface area (Å²) in [6, 6.07) is 21.1. The average Bonchev–Trinajstić information content (AvgIpc) is 3.97. The second-order valence-electron chi connectivity index (χ2n) is 15.5. The molecular formula is C45H46N10O2. The number of amidine groups is 3. The quantitative estimate of drug-likeness (QED) is 0.136. The first-order valence-electron chi connectivity index (χ1n) is 20.2. The lowest BCUT2D eigenvalue weighted by Crippen LogP contribution is -2.29. The van der Waals surface area contributed by atoms with E-state index in [0.29, 0.717) is 41.4 Å². The van der Waals surface area contributed by atoms with E-state index in [2.05, 4.69) is 79.0 Å². The highest BCUT2D eigenvalue weighted by Crippen LogP contribution is 2.39. The molecule has 0 spiro atoms. The van der Waals surface area contributed by atoms with Gasteiger partial charge < -0.3 is 34.3 Å². The fraction of sp³-hybridized carbons (Fsp3) is 0.311. The van der Waals surface area contributed by atoms with Crippen molar-refractivity contribution in [2.24, 2.45) is 25.9 Å². The number of H-pyrrole nitrogens is 1. The lowest BCUT2D eigenvalue weighted by Gasteiger charge is -2.29. The summed E-state index contributed by atoms with van der Waals surface area (Å²) in [6.07, 6.45) is 15.8. The number of benzene rings is 2. The van der Waals surface area contributed by atoms with Crippen LogP contribution in [0.5, 0.6) is 0 Å². The van der Waals surface area contributed by atoms with E-state index < -0.39 is 0 Å². The van der Waals surface area contributed by atoms with Crippen LogP contribution in [0, 0.1) is 19.8 Å². The highest BCUT2D eigenvalue weighted by Gasteiger charge is 2.34. The number of rotatable bonds is 9. The van der Waals surface area contributed by atoms with E-state index in [9.17, 15) is 0 Å². The maximum Gasteiger partial charge on any atom is 0.197 e. The Morgan fingerprint density at radius 1 is 0.649 bits per heavy atom. The van der Waals surface area contributed by atoms with Gasteiger partial charge in [0.1, 0.15) is 28.9 Å². The number of aryl methyl sites for hydroxylation is 2. The lowest BCUT2D eigenvalue weighted by molar-refractivity contribution is 0.550. The van der Waals surface area contributed by atoms with Crippen LogP contribution in [0.1, 0.15) is 73.3 Å². The molecule has 1 unspecified atom stereocenters. The van der Waals surface area contributed by atoms with Gasteiger partial charge in [0.15, 0.2) is 17.6 Å². The molecule has 0 radical (unpaired) electrons. The summed E-state index contributed by atoms with van der Waals surface area (Å²) in [5.74, 6) is 4.59. The maximum atomic E-state index is 6.04. The van der Waals surface area contributed by atoms with E-state index in [1.807, 2.05) is 44.3 Å². The lowest BCUT2D eigenvalue weighted by atomic mass is 9.96. The number of hydrogen-bond donors (Lipinski definition) is 3. The second-order valence-corrected chi connectivity index (χ2v) is 15.5. The Morgan fingerprint density at radius 2 is 1.26 bits per heavy atom. The normalized spacial score (nSPS) is 19.4. The molecule has 0 amide bonds. The van der Waals surface area contributed by atoms with Crippen molar-refractivity contribution in [3.05, 3.63) is 119 Å². The molecule has 1 atom stereocenters. The van der Waals surface area contributed by atoms with Gasteiger partial charge in [-0.05, 0) is 125 Å². The summed E-state index contributed by atoms with van der Waals surface area (Å²) >= 11 is 0. The number of nitrogens with one attached hydrogen (secondary N) is 3. The minimum Gasteiger partial charge on any atom is -0.446 e. The third-order valence-electron chi connectivity index (χ3n) is 11.3. The van der Waals surface area contributed by atoms with Gasteiger partial charge in [-0.25, -0.2) is 25.0 Å². The summed E-state index contributed by atoms with van der Waals surface area (Å²) in [4.78, 5) is 33.4. The molecule has 0 saturated carbocycles. The second kappa shape index (κ2) is 14.9. The van der Waals surface area contributed by atoms with E-state index in [4.69, 9.17) is 28.8 Å². The molecule has 2 fully saturated rings. The fourth-order valence-electron chi connectivity index (χ4n) is 8.42. The summed E-state index contributed by atoms with van der Waals surface area (Å²) in [5.41, 5.74) is 9.41. The van der Waals surface area contributed by atoms with Crippen molar-refractivity contribution in [2.45, 2.75) is 58.8 Å². The van der Waals surface area contributed by atoms with Crippen molar-refractivity contribution in [3.63, 3.8) is 0 Å². The molecule has 3 N–H and O–H groups in total. The Bertz CT molecular complexity index is 2390. The van der Waals surface area contributed by atoms with Gasteiger partial charge >= 0.3 is 0 Å². The Labute approximate surface area is 331 Å². The number of allylic oxidation sites excluding steroid dienone is 3. The van der Waals surface area contributed by atoms with Crippen LogP contribution in [0.15, 0.2) is 120 Å². The Kier molecular flexibility index (Phi) is 9.16. The highest BCUT2D eigenvalue weighted by atomic mass is 16.4. The van der Waals surface area contributed by atoms with E-state index in [1.165, 1.54) is 49.9 Å². The van der Waals surface area contributed by atoms with Crippen molar-refractivity contribution in [1.29, 1.82) is 0 Å². The Hall–Kier alpha value is -6.43. The smallest absolute Gasteiger partial charge is 0.197 e. The summed E-state index contributed by atoms with van der Waals surface area (Å²) < 4.78 is 12.1. The van der Waals surface area contributed by atoms with Crippen LogP contribution in [0.2, 0.25) is 0 Å². The first kappa shape index (κ1) is 35.0. The van der Waals surface area contributed by atoms with Gasteiger partial charge in [-0.1, -0.05) is 0 Å². The molecule has 2 bridgehead atoms. The van der Waals surface area contributed by atoms with Crippen LogP contribution in [-0.4, -0.2) is 59.4 Å². The van der Waals surface area contributed by atoms with Gasteiger partial charge in [0.05, 0.1) is 35.0 Å². The first-order chi connectivity index (χ1) is 28.0. The van der Waals surface area contributed by atoms with Crippen molar-refractivity contribution in [2.75, 3.05) is 46.6 Å². The van der Waals surface area contributed by atoms with Crippen LogP contribution in [0.3, 0.4) is 0 Å². The third-order valence-corrected chi connectivity index (χ3v) is 11.3. The number of fused-ring (bicyclic) bond motifs is 1. The Balaban J connectivity index is 1.12. The zero-order valence-electron chi connectivity index (χ0n) is 32.4. The van der Waals surface area contributed by atoms with Crippen LogP contribution in [0.4, 0.5) is 34.5 Å². The van der Waals surface area contributed by atoms with Crippen LogP contribution in [0.25, 0.3) is 5.70 Å². The molecule has 2 saturated heterocycles. The van der Waals surface area contributed by atoms with Crippen LogP contribution >= 0.6 is 0 Å². The number of nitrogens with zero attached hydrogens (tertiary/aromatic N) is 7. The standard InChI is InChI=1S/C45H46N10O2/c1-28-9-15-41(56-28)48-38-24-31(54-17-5-3-6-18-54)11-13-33(38)36-22-30-21-35-43(50-36)52-45(40-26-46-27-47-40)53-44(35)51-37(23-30)34-14-12-32(55-19-7-4-8-20-55)25-39(34)49-42-16-10-29(2)57-42/h9-16,22-27,35,48-49H,3-8,17-21H2,1-2H3,(H,46,47). The molecule has 288 valence electrons. The Morgan fingerprint density at radius 3 is 1.86 bits per heavy atom. The van der Waals surface area contributed by atoms with Crippen molar-refractivity contribution >= 4 is 63.4 Å². The monoisotopic (exact) mass is 758 g/mol. The number of furan rings is 2. The van der Waals surface area contributed by atoms with Gasteiger partial charge in [-0.3, -0.25) is 0 Å². The van der Waals surface area contributed by atoms with Crippen molar-refractivity contribution in [1.82, 2.24) is 9.97 Å². The summed E-state index contributed by atoms with van der Waals surface area (Å²) in [7, 11) is 0. The fourth-order valence-corrected chi connectivity index (χ4v) is 8.42. The number of aromatic amines is 1. The molecule has 2 aromatic carbocycles. The maximum absolute atomic E-state index is 6.04. The van der Waals surface area contributed by atoms with Gasteiger partial charge in [0.2, 0.25) is 0 Å². The number of hydrogen-bond acceptors (Lipinski definition) is 11. The summed E-state index contributed by atoms with van der Waals surface area (Å²) in [6.45, 7) is 8.09. The summed E-state index contributed by atoms with van der Waals surface area (Å²) in [5, 5.41) is 7.21. The molecule has 8 heterocycles. The predicted octanol–water partition coefficient (Wildman–Crippen LogP) is 9.73. The molecule has 5 aliphatic rings. The number of aliphatic imine (C=N–C) groups is 4. The van der Waals surface area contributed by atoms with Gasteiger partial charge in [-0.15, -0.1) is 0 Å². The predicted molar refractivity (Wildman–Crippen MR) is 229 cm³/mol. The molecule has 57 heavy (non-hydrogen) atoms. The largest absolute Gasteiger partial charge is 0.446 e. The van der Waals surface area contributed by atoms with E-state index in [0.717, 1.165) is 77.2 Å². The molecule has 10 rings (SSSR count). The van der Waals surface area contributed by atoms with Crippen molar-refractivity contribution < 1.29 is 8.83 Å². The highest BCUT2D eigenvalue weighted by molar-refractivity contribution is 6.27. The average molecular weight is 759 g/mol. The molecule has 5 aromatic rings. The zero-order valence-corrected chi connectivity index (χ0v) is 32.4. The minimum atomic E-state index is -0.251. The molecule has 3 aromatic heterocycles. The molecule has 5 aliphatic heterocycles. The molecule has 12 nitrogen and oxygen atoms in total. The van der Waals surface area contributed by atoms with Gasteiger partial charge in [0.25, 0.3) is 0 Å². The molecule has 12 heteroatoms. The van der Waals surface area contributed by atoms with Gasteiger partial charge in [-0.2, -0.15) is 0 Å². The number of anilines is 6. The third kappa shape index (κ3) is 7.23. The SMILES string of the molecule is Cc1ccc(Nc2cc(N3CCCCC3)ccc2C2=CC3=CC(c4ccc(N5CCCCC5)cc4Nc4ccc(C)o4)=NC4=NC(c5c[nH]cn5)=NC(=N2)C4C3)o1. The first-order valence-corrected chi connectivity index (χ1v) is 20.2. The van der Waals surface area contributed by atoms with E-state index in [1.54, 1.807) is 6.33 Å². The molecular weight excluding hydrogens is 713 g/mol. The topological polar surface area (TPSA) is 135 Å². The number of piperidine rings is 2.